The average Bonchev–Trinajstić information content (AvgIpc) is 2.18. The third-order valence-electron chi connectivity index (χ3n) is 2.13. The molecule has 1 aromatic rings. The molecule has 0 amide bonds. The molecule has 1 aromatic carbocycles. The lowest BCUT2D eigenvalue weighted by Crippen LogP contribution is -1.99. The Hall–Kier alpha value is -1.10. The number of hydrogen-bond donors (Lipinski definition) is 2. The van der Waals surface area contributed by atoms with Gasteiger partial charge in [-0.2, -0.15) is 0 Å². The second-order valence-electron chi connectivity index (χ2n) is 3.77. The van der Waals surface area contributed by atoms with E-state index in [9.17, 15) is 8.96 Å². The Morgan fingerprint density at radius 2 is 1.94 bits per heavy atom. The molecule has 0 saturated carbocycles. The molecule has 0 spiro atoms. The van der Waals surface area contributed by atoms with Crippen molar-refractivity contribution in [1.82, 2.24) is 0 Å². The monoisotopic (exact) mass is 264 g/mol. The van der Waals surface area contributed by atoms with Crippen LogP contribution in [0.4, 0.5) is 4.39 Å². The molecular weight excluding hydrogens is 250 g/mol. The molecular formula is C10H14FO5P. The van der Waals surface area contributed by atoms with Crippen molar-refractivity contribution in [2.45, 2.75) is 19.8 Å². The van der Waals surface area contributed by atoms with Crippen LogP contribution in [0.5, 0.6) is 11.5 Å². The molecule has 0 aliphatic rings. The van der Waals surface area contributed by atoms with E-state index in [1.807, 2.05) is 13.8 Å². The Labute approximate surface area is 98.4 Å². The van der Waals surface area contributed by atoms with Gasteiger partial charge in [-0.05, 0) is 23.6 Å². The van der Waals surface area contributed by atoms with E-state index in [4.69, 9.17) is 14.5 Å². The first-order valence-corrected chi connectivity index (χ1v) is 6.40. The number of halogens is 1. The molecule has 17 heavy (non-hydrogen) atoms. The van der Waals surface area contributed by atoms with Gasteiger partial charge in [0.15, 0.2) is 11.6 Å². The molecule has 0 atom stereocenters. The maximum atomic E-state index is 13.6. The summed E-state index contributed by atoms with van der Waals surface area (Å²) < 4.78 is 33.4. The van der Waals surface area contributed by atoms with Gasteiger partial charge in [0.2, 0.25) is 5.75 Å². The van der Waals surface area contributed by atoms with Crippen LogP contribution in [-0.4, -0.2) is 16.9 Å². The largest absolute Gasteiger partial charge is 0.525 e. The first-order chi connectivity index (χ1) is 7.74. The van der Waals surface area contributed by atoms with Crippen molar-refractivity contribution in [3.8, 4) is 11.5 Å². The van der Waals surface area contributed by atoms with Crippen LogP contribution < -0.4 is 9.26 Å². The van der Waals surface area contributed by atoms with Crippen LogP contribution in [0.1, 0.15) is 25.3 Å². The van der Waals surface area contributed by atoms with Crippen molar-refractivity contribution in [3.63, 3.8) is 0 Å². The highest BCUT2D eigenvalue weighted by Gasteiger charge is 2.23. The molecule has 0 bridgehead atoms. The van der Waals surface area contributed by atoms with E-state index >= 15 is 0 Å². The summed E-state index contributed by atoms with van der Waals surface area (Å²) in [7, 11) is -3.54. The summed E-state index contributed by atoms with van der Waals surface area (Å²) in [5.41, 5.74) is 0.650. The summed E-state index contributed by atoms with van der Waals surface area (Å²) in [6.45, 7) is 3.72. The number of benzene rings is 1. The van der Waals surface area contributed by atoms with Crippen LogP contribution in [0.25, 0.3) is 0 Å². The van der Waals surface area contributed by atoms with Gasteiger partial charge in [0.05, 0.1) is 7.11 Å². The van der Waals surface area contributed by atoms with Gasteiger partial charge in [-0.3, -0.25) is 9.79 Å². The maximum absolute atomic E-state index is 13.6. The molecule has 2 N–H and O–H groups in total. The first-order valence-electron chi connectivity index (χ1n) is 4.87. The van der Waals surface area contributed by atoms with Gasteiger partial charge in [0.1, 0.15) is 0 Å². The van der Waals surface area contributed by atoms with Crippen LogP contribution >= 0.6 is 7.82 Å². The quantitative estimate of drug-likeness (QED) is 0.817. The van der Waals surface area contributed by atoms with Gasteiger partial charge < -0.3 is 9.26 Å². The highest BCUT2D eigenvalue weighted by atomic mass is 31.2. The lowest BCUT2D eigenvalue weighted by Gasteiger charge is -2.14. The number of methoxy groups -OCH3 is 1. The zero-order valence-corrected chi connectivity index (χ0v) is 10.6. The summed E-state index contributed by atoms with van der Waals surface area (Å²) in [5, 5.41) is 0. The summed E-state index contributed by atoms with van der Waals surface area (Å²) in [4.78, 5) is 17.3. The fraction of sp³-hybridized carbons (Fsp3) is 0.400. The molecule has 1 rings (SSSR count). The van der Waals surface area contributed by atoms with Crippen molar-refractivity contribution < 1.29 is 28.0 Å². The van der Waals surface area contributed by atoms with E-state index in [2.05, 4.69) is 4.52 Å². The molecule has 7 heteroatoms. The van der Waals surface area contributed by atoms with Crippen LogP contribution in [-0.2, 0) is 4.57 Å². The highest BCUT2D eigenvalue weighted by molar-refractivity contribution is 7.46. The smallest absolute Gasteiger partial charge is 0.493 e. The van der Waals surface area contributed by atoms with E-state index in [-0.39, 0.29) is 11.7 Å². The number of rotatable bonds is 4. The van der Waals surface area contributed by atoms with Crippen LogP contribution in [0, 0.1) is 5.82 Å². The predicted molar refractivity (Wildman–Crippen MR) is 59.7 cm³/mol. The summed E-state index contributed by atoms with van der Waals surface area (Å²) in [5.74, 6) is -1.43. The molecule has 0 aliphatic heterocycles. The zero-order chi connectivity index (χ0) is 13.2. The molecule has 0 aromatic heterocycles. The van der Waals surface area contributed by atoms with E-state index in [0.29, 0.717) is 5.56 Å². The molecule has 0 radical (unpaired) electrons. The molecule has 0 unspecified atom stereocenters. The predicted octanol–water partition coefficient (Wildman–Crippen LogP) is 2.43. The summed E-state index contributed by atoms with van der Waals surface area (Å²) >= 11 is 0. The van der Waals surface area contributed by atoms with Gasteiger partial charge >= 0.3 is 7.82 Å². The van der Waals surface area contributed by atoms with Crippen LogP contribution in [0.2, 0.25) is 0 Å². The van der Waals surface area contributed by atoms with E-state index in [0.717, 1.165) is 6.07 Å². The van der Waals surface area contributed by atoms with Crippen molar-refractivity contribution in [2.24, 2.45) is 0 Å². The minimum atomic E-state index is -4.81. The number of hydrogen-bond acceptors (Lipinski definition) is 3. The minimum Gasteiger partial charge on any atom is -0.493 e. The van der Waals surface area contributed by atoms with Crippen molar-refractivity contribution >= 4 is 7.82 Å². The fourth-order valence-electron chi connectivity index (χ4n) is 1.28. The Bertz CT molecular complexity index is 454. The van der Waals surface area contributed by atoms with Crippen LogP contribution in [0.3, 0.4) is 0 Å². The number of phosphoric acid groups is 1. The number of ether oxygens (including phenoxy) is 1. The van der Waals surface area contributed by atoms with Gasteiger partial charge in [0, 0.05) is 0 Å². The van der Waals surface area contributed by atoms with E-state index in [1.54, 1.807) is 0 Å². The standard InChI is InChI=1S/C10H14FO5P/c1-6(2)7-4-8(11)10(9(5-7)15-3)16-17(12,13)14/h4-6H,1-3H3,(H2,12,13,14). The highest BCUT2D eigenvalue weighted by Crippen LogP contribution is 2.44. The normalized spacial score (nSPS) is 11.7. The second-order valence-corrected chi connectivity index (χ2v) is 4.93. The molecule has 0 aliphatic carbocycles. The molecule has 0 heterocycles. The van der Waals surface area contributed by atoms with Crippen molar-refractivity contribution in [1.29, 1.82) is 0 Å². The Balaban J connectivity index is 3.26. The van der Waals surface area contributed by atoms with Gasteiger partial charge in [0.25, 0.3) is 0 Å². The lowest BCUT2D eigenvalue weighted by atomic mass is 10.0. The van der Waals surface area contributed by atoms with E-state index < -0.39 is 19.4 Å². The third-order valence-corrected chi connectivity index (χ3v) is 2.55. The van der Waals surface area contributed by atoms with Crippen molar-refractivity contribution in [2.75, 3.05) is 7.11 Å². The van der Waals surface area contributed by atoms with Gasteiger partial charge in [-0.1, -0.05) is 13.8 Å². The maximum Gasteiger partial charge on any atom is 0.525 e. The van der Waals surface area contributed by atoms with E-state index in [1.165, 1.54) is 13.2 Å². The fourth-order valence-corrected chi connectivity index (χ4v) is 1.70. The zero-order valence-electron chi connectivity index (χ0n) is 9.68. The SMILES string of the molecule is COc1cc(C(C)C)cc(F)c1OP(=O)(O)O. The Morgan fingerprint density at radius 3 is 2.35 bits per heavy atom. The minimum absolute atomic E-state index is 0.0444. The first kappa shape index (κ1) is 14.0. The van der Waals surface area contributed by atoms with Gasteiger partial charge in [-0.15, -0.1) is 0 Å². The molecule has 5 nitrogen and oxygen atoms in total. The topological polar surface area (TPSA) is 76.0 Å². The van der Waals surface area contributed by atoms with Gasteiger partial charge in [-0.25, -0.2) is 8.96 Å². The molecule has 0 saturated heterocycles. The molecule has 0 fully saturated rings. The third kappa shape index (κ3) is 3.70. The van der Waals surface area contributed by atoms with Crippen molar-refractivity contribution in [3.05, 3.63) is 23.5 Å². The number of phosphoric ester groups is 1. The Morgan fingerprint density at radius 1 is 1.35 bits per heavy atom. The second kappa shape index (κ2) is 5.04. The summed E-state index contributed by atoms with van der Waals surface area (Å²) in [6.07, 6.45) is 0. The molecule has 96 valence electrons. The average molecular weight is 264 g/mol. The summed E-state index contributed by atoms with van der Waals surface area (Å²) in [6, 6.07) is 2.65. The van der Waals surface area contributed by atoms with Crippen LogP contribution in [0.15, 0.2) is 12.1 Å². The Kier molecular flexibility index (Phi) is 4.14. The lowest BCUT2D eigenvalue weighted by molar-refractivity contribution is 0.270.